The molecule has 1 atom stereocenters. The number of aryl methyl sites for hydroxylation is 1. The Morgan fingerprint density at radius 2 is 1.38 bits per heavy atom. The molecule has 1 fully saturated rings. The van der Waals surface area contributed by atoms with Crippen LogP contribution in [-0.4, -0.2) is 32.1 Å². The Labute approximate surface area is 199 Å². The van der Waals surface area contributed by atoms with E-state index in [-0.39, 0.29) is 5.60 Å². The van der Waals surface area contributed by atoms with Gasteiger partial charge in [-0.25, -0.2) is 4.79 Å². The van der Waals surface area contributed by atoms with Crippen LogP contribution in [0.25, 0.3) is 0 Å². The molecule has 0 aromatic heterocycles. The van der Waals surface area contributed by atoms with E-state index in [4.69, 9.17) is 9.53 Å². The first kappa shape index (κ1) is 27.3. The highest BCUT2D eigenvalue weighted by atomic mass is 29.3. The molecule has 0 amide bonds. The largest absolute Gasteiger partial charge is 0.478 e. The van der Waals surface area contributed by atoms with Gasteiger partial charge in [0.2, 0.25) is 0 Å². The summed E-state index contributed by atoms with van der Waals surface area (Å²) < 4.78 is 6.64. The quantitative estimate of drug-likeness (QED) is 0.216. The van der Waals surface area contributed by atoms with E-state index in [1.54, 1.807) is 12.1 Å². The molecule has 0 saturated carbocycles. The van der Waals surface area contributed by atoms with Crippen molar-refractivity contribution in [3.8, 4) is 0 Å². The van der Waals surface area contributed by atoms with Gasteiger partial charge in [0.1, 0.15) is 0 Å². The van der Waals surface area contributed by atoms with Gasteiger partial charge >= 0.3 is 5.97 Å². The molecule has 1 aromatic rings. The van der Waals surface area contributed by atoms with Gasteiger partial charge in [-0.3, -0.25) is 0 Å². The number of rotatable bonds is 14. The summed E-state index contributed by atoms with van der Waals surface area (Å²) in [5.41, 5.74) is 1.75. The summed E-state index contributed by atoms with van der Waals surface area (Å²) in [6.45, 7) is 12.2. The average Bonchev–Trinajstić information content (AvgIpc) is 2.72. The van der Waals surface area contributed by atoms with Crippen LogP contribution >= 0.6 is 0 Å². The molecule has 1 aromatic carbocycles. The number of hydrogen-bond acceptors (Lipinski definition) is 2. The molecule has 0 spiro atoms. The molecule has 0 bridgehead atoms. The lowest BCUT2D eigenvalue weighted by Gasteiger charge is -2.51. The van der Waals surface area contributed by atoms with Crippen molar-refractivity contribution in [1.29, 1.82) is 0 Å². The van der Waals surface area contributed by atoms with Crippen molar-refractivity contribution in [2.45, 2.75) is 128 Å². The predicted molar refractivity (Wildman–Crippen MR) is 142 cm³/mol. The van der Waals surface area contributed by atoms with E-state index in [1.807, 2.05) is 12.1 Å². The van der Waals surface area contributed by atoms with Gasteiger partial charge < -0.3 is 9.53 Å². The molecule has 1 N–H and O–H groups in total. The van der Waals surface area contributed by atoms with Gasteiger partial charge in [0.15, 0.2) is 7.83 Å². The molecule has 3 nitrogen and oxygen atoms in total. The van der Waals surface area contributed by atoms with Gasteiger partial charge in [-0.05, 0) is 63.9 Å². The average molecular weight is 477 g/mol. The second kappa shape index (κ2) is 12.5. The lowest BCUT2D eigenvalue weighted by Crippen LogP contribution is -2.65. The van der Waals surface area contributed by atoms with Crippen LogP contribution in [0.2, 0.25) is 31.7 Å². The molecule has 1 heterocycles. The molecule has 1 saturated heterocycles. The summed E-state index contributed by atoms with van der Waals surface area (Å²) in [7, 11) is -2.68. The topological polar surface area (TPSA) is 46.5 Å². The molecule has 182 valence electrons. The van der Waals surface area contributed by atoms with Gasteiger partial charge in [-0.1, -0.05) is 88.6 Å². The highest BCUT2D eigenvalue weighted by Gasteiger charge is 2.52. The van der Waals surface area contributed by atoms with Crippen LogP contribution in [0, 0.1) is 0 Å². The first-order valence-corrected chi connectivity index (χ1v) is 19.9. The summed E-state index contributed by atoms with van der Waals surface area (Å²) in [5.74, 6) is -0.846. The Hall–Kier alpha value is -0.916. The first-order valence-electron chi connectivity index (χ1n) is 13.1. The lowest BCUT2D eigenvalue weighted by molar-refractivity contribution is 0.0696. The number of carboxylic acid groups (broad SMARTS) is 1. The third-order valence-electron chi connectivity index (χ3n) is 7.91. The summed E-state index contributed by atoms with van der Waals surface area (Å²) in [6.07, 6.45) is 15.9. The van der Waals surface area contributed by atoms with Crippen molar-refractivity contribution < 1.29 is 14.3 Å². The zero-order chi connectivity index (χ0) is 23.7. The van der Waals surface area contributed by atoms with Crippen LogP contribution in [-0.2, 0) is 10.8 Å². The van der Waals surface area contributed by atoms with Crippen molar-refractivity contribution in [2.24, 2.45) is 0 Å². The monoisotopic (exact) mass is 476 g/mol. The van der Waals surface area contributed by atoms with E-state index in [1.165, 1.54) is 88.3 Å². The molecule has 0 radical (unpaired) electrons. The van der Waals surface area contributed by atoms with Crippen molar-refractivity contribution in [2.75, 3.05) is 0 Å². The van der Waals surface area contributed by atoms with Gasteiger partial charge in [0.25, 0.3) is 0 Å². The Kier molecular flexibility index (Phi) is 10.7. The van der Waals surface area contributed by atoms with Gasteiger partial charge in [0, 0.05) is 0 Å². The zero-order valence-electron chi connectivity index (χ0n) is 21.5. The summed E-state index contributed by atoms with van der Waals surface area (Å²) in [6, 6.07) is 10.3. The number of benzene rings is 1. The predicted octanol–water partition coefficient (Wildman–Crippen LogP) is 8.39. The van der Waals surface area contributed by atoms with Crippen LogP contribution < -0.4 is 0 Å². The highest BCUT2D eigenvalue weighted by Crippen LogP contribution is 2.41. The molecule has 0 aliphatic carbocycles. The van der Waals surface area contributed by atoms with Crippen LogP contribution in [0.15, 0.2) is 24.3 Å². The van der Waals surface area contributed by atoms with Gasteiger partial charge in [-0.15, -0.1) is 0 Å². The lowest BCUT2D eigenvalue weighted by atomic mass is 10.0. The van der Waals surface area contributed by atoms with E-state index in [0.29, 0.717) is 5.56 Å². The first-order chi connectivity index (χ1) is 15.0. The van der Waals surface area contributed by atoms with Crippen LogP contribution in [0.4, 0.5) is 0 Å². The van der Waals surface area contributed by atoms with Crippen molar-refractivity contribution in [3.05, 3.63) is 35.4 Å². The summed E-state index contributed by atoms with van der Waals surface area (Å²) in [5, 5.41) is 8.95. The molecule has 1 unspecified atom stereocenters. The SMILES string of the molecule is CC1(C)CC[Si](C)(CCCCCCCCCCCCc2ccc(C(=O)O)cc2)[Si](C)(C)O1. The number of unbranched alkanes of at least 4 members (excludes halogenated alkanes) is 9. The normalized spacial score (nSPS) is 22.0. The molecule has 5 heteroatoms. The Morgan fingerprint density at radius 1 is 0.875 bits per heavy atom. The number of hydrogen-bond donors (Lipinski definition) is 1. The smallest absolute Gasteiger partial charge is 0.335 e. The summed E-state index contributed by atoms with van der Waals surface area (Å²) in [4.78, 5) is 10.9. The minimum atomic E-state index is -1.49. The van der Waals surface area contributed by atoms with E-state index in [0.717, 1.165) is 6.42 Å². The Balaban J connectivity index is 1.44. The van der Waals surface area contributed by atoms with E-state index >= 15 is 0 Å². The molecular weight excluding hydrogens is 428 g/mol. The number of carboxylic acids is 1. The highest BCUT2D eigenvalue weighted by molar-refractivity contribution is 7.38. The van der Waals surface area contributed by atoms with Gasteiger partial charge in [-0.2, -0.15) is 0 Å². The van der Waals surface area contributed by atoms with E-state index < -0.39 is 21.4 Å². The standard InChI is InChI=1S/C27H48O3Si2/c1-27(2)21-23-32(5,31(3,4)30-27)22-15-13-11-9-7-6-8-10-12-14-16-24-17-19-25(20-18-24)26(28)29/h17-20H,6-16,21-23H2,1-5H3,(H,28,29). The van der Waals surface area contributed by atoms with Crippen LogP contribution in [0.3, 0.4) is 0 Å². The fourth-order valence-electron chi connectivity index (χ4n) is 5.24. The number of aromatic carboxylic acids is 1. The van der Waals surface area contributed by atoms with E-state index in [2.05, 4.69) is 33.5 Å². The fraction of sp³-hybridized carbons (Fsp3) is 0.741. The fourth-order valence-corrected chi connectivity index (χ4v) is 16.7. The summed E-state index contributed by atoms with van der Waals surface area (Å²) >= 11 is 0. The molecular formula is C27H48O3Si2. The Bertz CT molecular complexity index is 699. The minimum absolute atomic E-state index is 0.121. The van der Waals surface area contributed by atoms with Crippen molar-refractivity contribution in [1.82, 2.24) is 0 Å². The maximum Gasteiger partial charge on any atom is 0.335 e. The maximum absolute atomic E-state index is 10.9. The zero-order valence-corrected chi connectivity index (χ0v) is 23.5. The molecule has 1 aliphatic heterocycles. The molecule has 32 heavy (non-hydrogen) atoms. The molecule has 1 aliphatic rings. The van der Waals surface area contributed by atoms with Crippen LogP contribution in [0.1, 0.15) is 100 Å². The second-order valence-corrected chi connectivity index (χ2v) is 26.1. The van der Waals surface area contributed by atoms with Gasteiger partial charge in [0.05, 0.1) is 18.8 Å². The minimum Gasteiger partial charge on any atom is -0.478 e. The second-order valence-electron chi connectivity index (χ2n) is 11.5. The third kappa shape index (κ3) is 8.79. The Morgan fingerprint density at radius 3 is 1.88 bits per heavy atom. The van der Waals surface area contributed by atoms with Crippen molar-refractivity contribution in [3.63, 3.8) is 0 Å². The molecule has 2 rings (SSSR count). The van der Waals surface area contributed by atoms with Crippen molar-refractivity contribution >= 4 is 21.4 Å². The van der Waals surface area contributed by atoms with Crippen LogP contribution in [0.5, 0.6) is 0 Å². The maximum atomic E-state index is 10.9. The number of carbonyl (C=O) groups is 1. The van der Waals surface area contributed by atoms with E-state index in [9.17, 15) is 4.79 Å². The third-order valence-corrected chi connectivity index (χ3v) is 25.2.